The highest BCUT2D eigenvalue weighted by molar-refractivity contribution is 5.80. The van der Waals surface area contributed by atoms with Crippen LogP contribution in [0.1, 0.15) is 52.9 Å². The van der Waals surface area contributed by atoms with Crippen molar-refractivity contribution in [2.75, 3.05) is 7.11 Å². The smallest absolute Gasteiger partial charge is 0.408 e. The number of nitrogens with one attached hydrogen (secondary N) is 1. The Kier molecular flexibility index (Phi) is 6.45. The van der Waals surface area contributed by atoms with E-state index in [2.05, 4.69) is 5.32 Å². The van der Waals surface area contributed by atoms with E-state index in [1.807, 2.05) is 0 Å². The quantitative estimate of drug-likeness (QED) is 0.815. The minimum Gasteiger partial charge on any atom is -0.480 e. The molecule has 0 radical (unpaired) electrons. The summed E-state index contributed by atoms with van der Waals surface area (Å²) in [5, 5.41) is 11.8. The molecule has 0 heterocycles. The summed E-state index contributed by atoms with van der Waals surface area (Å²) in [6.07, 6.45) is 3.91. The maximum atomic E-state index is 11.8. The largest absolute Gasteiger partial charge is 0.480 e. The molecular formula is C15H27NO5. The van der Waals surface area contributed by atoms with Gasteiger partial charge in [0.1, 0.15) is 5.60 Å². The summed E-state index contributed by atoms with van der Waals surface area (Å²) in [4.78, 5) is 23.3. The predicted molar refractivity (Wildman–Crippen MR) is 78.2 cm³/mol. The molecule has 2 atom stereocenters. The van der Waals surface area contributed by atoms with Crippen LogP contribution in [0.15, 0.2) is 0 Å². The Labute approximate surface area is 126 Å². The van der Waals surface area contributed by atoms with Crippen LogP contribution in [0.2, 0.25) is 0 Å². The highest BCUT2D eigenvalue weighted by Gasteiger charge is 2.37. The monoisotopic (exact) mass is 301 g/mol. The zero-order valence-electron chi connectivity index (χ0n) is 13.3. The van der Waals surface area contributed by atoms with Crippen molar-refractivity contribution in [1.82, 2.24) is 5.32 Å². The van der Waals surface area contributed by atoms with Crippen LogP contribution >= 0.6 is 0 Å². The molecule has 6 nitrogen and oxygen atoms in total. The van der Waals surface area contributed by atoms with Crippen molar-refractivity contribution >= 4 is 12.1 Å². The molecule has 0 aromatic carbocycles. The molecule has 1 aliphatic rings. The SMILES string of the molecule is COC(C1CCCCC1)C(NC(=O)OC(C)(C)C)C(=O)O. The number of methoxy groups -OCH3 is 1. The lowest BCUT2D eigenvalue weighted by Crippen LogP contribution is -2.53. The van der Waals surface area contributed by atoms with Crippen LogP contribution in [0, 0.1) is 5.92 Å². The number of aliphatic carboxylic acids is 1. The Bertz CT molecular complexity index is 358. The van der Waals surface area contributed by atoms with Gasteiger partial charge in [-0.2, -0.15) is 0 Å². The van der Waals surface area contributed by atoms with Gasteiger partial charge in [-0.3, -0.25) is 0 Å². The van der Waals surface area contributed by atoms with Gasteiger partial charge in [-0.25, -0.2) is 9.59 Å². The molecule has 0 aliphatic heterocycles. The first kappa shape index (κ1) is 17.8. The molecule has 1 rings (SSSR count). The van der Waals surface area contributed by atoms with Gasteiger partial charge in [0, 0.05) is 7.11 Å². The van der Waals surface area contributed by atoms with Crippen LogP contribution in [0.25, 0.3) is 0 Å². The Balaban J connectivity index is 2.73. The molecule has 2 unspecified atom stereocenters. The molecule has 6 heteroatoms. The first-order valence-electron chi connectivity index (χ1n) is 7.49. The Hall–Kier alpha value is -1.30. The third kappa shape index (κ3) is 5.91. The Morgan fingerprint density at radius 1 is 1.19 bits per heavy atom. The first-order valence-corrected chi connectivity index (χ1v) is 7.49. The number of hydrogen-bond acceptors (Lipinski definition) is 4. The number of amides is 1. The van der Waals surface area contributed by atoms with Crippen LogP contribution in [0.5, 0.6) is 0 Å². The van der Waals surface area contributed by atoms with E-state index in [0.717, 1.165) is 25.7 Å². The van der Waals surface area contributed by atoms with Crippen LogP contribution in [-0.2, 0) is 14.3 Å². The lowest BCUT2D eigenvalue weighted by molar-refractivity contribution is -0.145. The van der Waals surface area contributed by atoms with Crippen molar-refractivity contribution in [2.45, 2.75) is 70.6 Å². The third-order valence-corrected chi connectivity index (χ3v) is 3.65. The summed E-state index contributed by atoms with van der Waals surface area (Å²) in [6, 6.07) is -1.09. The molecule has 2 N–H and O–H groups in total. The van der Waals surface area contributed by atoms with E-state index in [-0.39, 0.29) is 5.92 Å². The number of carboxylic acids is 1. The van der Waals surface area contributed by atoms with Gasteiger partial charge >= 0.3 is 12.1 Å². The predicted octanol–water partition coefficient (Wildman–Crippen LogP) is 2.56. The summed E-state index contributed by atoms with van der Waals surface area (Å²) >= 11 is 0. The number of ether oxygens (including phenoxy) is 2. The summed E-state index contributed by atoms with van der Waals surface area (Å²) in [7, 11) is 1.49. The van der Waals surface area contributed by atoms with Gasteiger partial charge in [-0.15, -0.1) is 0 Å². The Morgan fingerprint density at radius 2 is 1.76 bits per heavy atom. The number of alkyl carbamates (subject to hydrolysis) is 1. The molecule has 1 aliphatic carbocycles. The minimum absolute atomic E-state index is 0.153. The fourth-order valence-electron chi connectivity index (χ4n) is 2.78. The minimum atomic E-state index is -1.10. The average molecular weight is 301 g/mol. The van der Waals surface area contributed by atoms with Gasteiger partial charge < -0.3 is 19.9 Å². The Morgan fingerprint density at radius 3 is 2.19 bits per heavy atom. The van der Waals surface area contributed by atoms with Crippen molar-refractivity contribution in [3.8, 4) is 0 Å². The standard InChI is InChI=1S/C15H27NO5/c1-15(2,3)21-14(19)16-11(13(17)18)12(20-4)10-8-6-5-7-9-10/h10-12H,5-9H2,1-4H3,(H,16,19)(H,17,18). The third-order valence-electron chi connectivity index (χ3n) is 3.65. The molecule has 1 saturated carbocycles. The summed E-state index contributed by atoms with van der Waals surface area (Å²) < 4.78 is 10.5. The molecule has 1 amide bonds. The molecular weight excluding hydrogens is 274 g/mol. The molecule has 21 heavy (non-hydrogen) atoms. The van der Waals surface area contributed by atoms with Crippen LogP contribution < -0.4 is 5.32 Å². The molecule has 0 saturated heterocycles. The second kappa shape index (κ2) is 7.64. The lowest BCUT2D eigenvalue weighted by atomic mass is 9.82. The van der Waals surface area contributed by atoms with Crippen LogP contribution in [0.4, 0.5) is 4.79 Å². The van der Waals surface area contributed by atoms with E-state index < -0.39 is 29.8 Å². The van der Waals surface area contributed by atoms with Gasteiger partial charge in [0.2, 0.25) is 0 Å². The van der Waals surface area contributed by atoms with Crippen molar-refractivity contribution < 1.29 is 24.2 Å². The molecule has 1 fully saturated rings. The van der Waals surface area contributed by atoms with E-state index in [4.69, 9.17) is 9.47 Å². The average Bonchev–Trinajstić information content (AvgIpc) is 2.37. The van der Waals surface area contributed by atoms with Crippen molar-refractivity contribution in [3.63, 3.8) is 0 Å². The van der Waals surface area contributed by atoms with E-state index in [1.165, 1.54) is 13.5 Å². The van der Waals surface area contributed by atoms with Gasteiger partial charge in [-0.05, 0) is 39.5 Å². The fourth-order valence-corrected chi connectivity index (χ4v) is 2.78. The number of carboxylic acid groups (broad SMARTS) is 1. The van der Waals surface area contributed by atoms with E-state index >= 15 is 0 Å². The fraction of sp³-hybridized carbons (Fsp3) is 0.867. The molecule has 0 aromatic heterocycles. The topological polar surface area (TPSA) is 84.9 Å². The summed E-state index contributed by atoms with van der Waals surface area (Å²) in [6.45, 7) is 5.20. The zero-order valence-corrected chi connectivity index (χ0v) is 13.3. The van der Waals surface area contributed by atoms with Crippen LogP contribution in [0.3, 0.4) is 0 Å². The molecule has 0 aromatic rings. The number of hydrogen-bond donors (Lipinski definition) is 2. The van der Waals surface area contributed by atoms with Gasteiger partial charge in [-0.1, -0.05) is 19.3 Å². The number of rotatable bonds is 5. The summed E-state index contributed by atoms with van der Waals surface area (Å²) in [5.74, 6) is -0.946. The van der Waals surface area contributed by atoms with Gasteiger partial charge in [0.25, 0.3) is 0 Å². The second-order valence-electron chi connectivity index (χ2n) is 6.56. The molecule has 0 bridgehead atoms. The number of carbonyl (C=O) groups excluding carboxylic acids is 1. The second-order valence-corrected chi connectivity index (χ2v) is 6.56. The maximum absolute atomic E-state index is 11.8. The van der Waals surface area contributed by atoms with Gasteiger partial charge in [0.05, 0.1) is 6.10 Å². The highest BCUT2D eigenvalue weighted by atomic mass is 16.6. The maximum Gasteiger partial charge on any atom is 0.408 e. The number of carbonyl (C=O) groups is 2. The van der Waals surface area contributed by atoms with Crippen molar-refractivity contribution in [3.05, 3.63) is 0 Å². The van der Waals surface area contributed by atoms with Crippen LogP contribution in [-0.4, -0.2) is 42.0 Å². The molecule has 0 spiro atoms. The normalized spacial score (nSPS) is 19.6. The van der Waals surface area contributed by atoms with E-state index in [1.54, 1.807) is 20.8 Å². The first-order chi connectivity index (χ1) is 9.74. The van der Waals surface area contributed by atoms with E-state index in [0.29, 0.717) is 0 Å². The van der Waals surface area contributed by atoms with E-state index in [9.17, 15) is 14.7 Å². The van der Waals surface area contributed by atoms with Crippen molar-refractivity contribution in [1.29, 1.82) is 0 Å². The summed E-state index contributed by atoms with van der Waals surface area (Å²) in [5.41, 5.74) is -0.666. The zero-order chi connectivity index (χ0) is 16.0. The lowest BCUT2D eigenvalue weighted by Gasteiger charge is -2.33. The highest BCUT2D eigenvalue weighted by Crippen LogP contribution is 2.29. The van der Waals surface area contributed by atoms with Crippen molar-refractivity contribution in [2.24, 2.45) is 5.92 Å². The van der Waals surface area contributed by atoms with Gasteiger partial charge in [0.15, 0.2) is 6.04 Å². The molecule has 122 valence electrons.